The van der Waals surface area contributed by atoms with Crippen LogP contribution in [-0.4, -0.2) is 56.7 Å². The first-order valence-electron chi connectivity index (χ1n) is 10.3. The van der Waals surface area contributed by atoms with Gasteiger partial charge in [0.05, 0.1) is 30.7 Å². The molecule has 30 heavy (non-hydrogen) atoms. The van der Waals surface area contributed by atoms with Crippen molar-refractivity contribution in [1.82, 2.24) is 19.6 Å². The zero-order valence-electron chi connectivity index (χ0n) is 17.5. The Hall–Kier alpha value is -2.93. The van der Waals surface area contributed by atoms with E-state index in [9.17, 15) is 9.59 Å². The van der Waals surface area contributed by atoms with Crippen LogP contribution in [0.2, 0.25) is 0 Å². The number of likely N-dealkylation sites (tertiary alicyclic amines) is 1. The number of benzene rings is 1. The Morgan fingerprint density at radius 2 is 2.20 bits per heavy atom. The zero-order chi connectivity index (χ0) is 21.0. The van der Waals surface area contributed by atoms with Gasteiger partial charge < -0.3 is 14.5 Å². The van der Waals surface area contributed by atoms with Crippen molar-refractivity contribution in [3.63, 3.8) is 0 Å². The lowest BCUT2D eigenvalue weighted by Gasteiger charge is -2.27. The molecule has 3 aliphatic heterocycles. The summed E-state index contributed by atoms with van der Waals surface area (Å²) in [5, 5.41) is 4.17. The van der Waals surface area contributed by atoms with Crippen molar-refractivity contribution in [1.29, 1.82) is 0 Å². The molecular weight excluding hydrogens is 380 g/mol. The van der Waals surface area contributed by atoms with E-state index in [2.05, 4.69) is 11.2 Å². The molecule has 1 aromatic heterocycles. The fraction of sp³-hybridized carbons (Fsp3) is 0.435. The second-order valence-corrected chi connectivity index (χ2v) is 8.80. The van der Waals surface area contributed by atoms with E-state index < -0.39 is 17.4 Å². The number of amides is 2. The molecule has 2 bridgehead atoms. The maximum Gasteiger partial charge on any atom is 0.230 e. The Morgan fingerprint density at radius 1 is 1.37 bits per heavy atom. The lowest BCUT2D eigenvalue weighted by Crippen LogP contribution is -2.44. The predicted octanol–water partition coefficient (Wildman–Crippen LogP) is 1.67. The van der Waals surface area contributed by atoms with Gasteiger partial charge in [-0.25, -0.2) is 0 Å². The second-order valence-electron chi connectivity index (χ2n) is 8.80. The van der Waals surface area contributed by atoms with E-state index in [1.165, 1.54) is 5.56 Å². The number of hydrogen-bond donors (Lipinski definition) is 0. The fourth-order valence-electron chi connectivity index (χ4n) is 5.18. The van der Waals surface area contributed by atoms with Gasteiger partial charge in [0.25, 0.3) is 0 Å². The van der Waals surface area contributed by atoms with Crippen molar-refractivity contribution in [3.05, 3.63) is 65.5 Å². The monoisotopic (exact) mass is 406 g/mol. The van der Waals surface area contributed by atoms with Gasteiger partial charge in [-0.3, -0.25) is 14.3 Å². The van der Waals surface area contributed by atoms with Crippen LogP contribution in [0.15, 0.2) is 48.8 Å². The minimum Gasteiger partial charge on any atom is -0.360 e. The average molecular weight is 406 g/mol. The van der Waals surface area contributed by atoms with Gasteiger partial charge >= 0.3 is 0 Å². The normalized spacial score (nSPS) is 29.0. The molecule has 0 N–H and O–H groups in total. The first-order chi connectivity index (χ1) is 14.4. The van der Waals surface area contributed by atoms with E-state index in [-0.39, 0.29) is 17.9 Å². The van der Waals surface area contributed by atoms with Crippen molar-refractivity contribution in [2.45, 2.75) is 31.7 Å². The van der Waals surface area contributed by atoms with E-state index in [4.69, 9.17) is 4.74 Å². The second kappa shape index (κ2) is 6.80. The van der Waals surface area contributed by atoms with Crippen LogP contribution in [-0.2, 0) is 34.5 Å². The van der Waals surface area contributed by atoms with Gasteiger partial charge in [-0.1, -0.05) is 42.0 Å². The zero-order valence-corrected chi connectivity index (χ0v) is 17.5. The Bertz CT molecular complexity index is 1040. The van der Waals surface area contributed by atoms with Gasteiger partial charge in [0.2, 0.25) is 11.8 Å². The minimum atomic E-state index is -0.680. The van der Waals surface area contributed by atoms with Crippen molar-refractivity contribution < 1.29 is 14.3 Å². The molecule has 4 atom stereocenters. The first-order valence-corrected chi connectivity index (χ1v) is 10.3. The van der Waals surface area contributed by atoms with Crippen molar-refractivity contribution >= 4 is 11.8 Å². The van der Waals surface area contributed by atoms with Crippen LogP contribution in [0.1, 0.15) is 16.7 Å². The van der Waals surface area contributed by atoms with Gasteiger partial charge in [-0.15, -0.1) is 0 Å². The standard InChI is InChI=1S/C23H26N4O3/c1-15-5-4-6-16(9-15)13-27-14-23-8-7-18(30-23)19(20(23)22(27)29)21(28)25(2)11-17-10-24-26(3)12-17/h4-10,12,18-20H,11,13-14H2,1-3H3/t18-,19-,20-,23-/m0/s1. The summed E-state index contributed by atoms with van der Waals surface area (Å²) in [4.78, 5) is 30.3. The van der Waals surface area contributed by atoms with Crippen LogP contribution in [0.4, 0.5) is 0 Å². The molecule has 4 heterocycles. The average Bonchev–Trinajstić information content (AvgIpc) is 3.44. The van der Waals surface area contributed by atoms with Crippen molar-refractivity contribution in [2.24, 2.45) is 18.9 Å². The van der Waals surface area contributed by atoms with Gasteiger partial charge in [0.15, 0.2) is 0 Å². The quantitative estimate of drug-likeness (QED) is 0.709. The van der Waals surface area contributed by atoms with Gasteiger partial charge in [-0.05, 0) is 12.5 Å². The maximum absolute atomic E-state index is 13.4. The van der Waals surface area contributed by atoms with E-state index >= 15 is 0 Å². The summed E-state index contributed by atoms with van der Waals surface area (Å²) in [6.45, 7) is 3.53. The Labute approximate surface area is 175 Å². The number of ether oxygens (including phenoxy) is 1. The van der Waals surface area contributed by atoms with Crippen molar-refractivity contribution in [3.8, 4) is 0 Å². The molecule has 2 aromatic rings. The van der Waals surface area contributed by atoms with Gasteiger partial charge in [0.1, 0.15) is 5.60 Å². The molecule has 0 radical (unpaired) electrons. The van der Waals surface area contributed by atoms with Gasteiger partial charge in [-0.2, -0.15) is 5.10 Å². The summed E-state index contributed by atoms with van der Waals surface area (Å²) < 4.78 is 7.96. The molecule has 0 unspecified atom stereocenters. The number of hydrogen-bond acceptors (Lipinski definition) is 4. The van der Waals surface area contributed by atoms with E-state index in [0.717, 1.165) is 11.1 Å². The molecule has 1 aromatic carbocycles. The number of fused-ring (bicyclic) bond motifs is 1. The van der Waals surface area contributed by atoms with Crippen molar-refractivity contribution in [2.75, 3.05) is 13.6 Å². The highest BCUT2D eigenvalue weighted by atomic mass is 16.5. The van der Waals surface area contributed by atoms with Crippen LogP contribution in [0.3, 0.4) is 0 Å². The Morgan fingerprint density at radius 3 is 2.93 bits per heavy atom. The maximum atomic E-state index is 13.4. The predicted molar refractivity (Wildman–Crippen MR) is 110 cm³/mol. The third kappa shape index (κ3) is 2.96. The topological polar surface area (TPSA) is 67.7 Å². The Kier molecular flexibility index (Phi) is 4.32. The van der Waals surface area contributed by atoms with Crippen LogP contribution in [0.5, 0.6) is 0 Å². The van der Waals surface area contributed by atoms with E-state index in [1.54, 1.807) is 22.8 Å². The van der Waals surface area contributed by atoms with E-state index in [0.29, 0.717) is 19.6 Å². The summed E-state index contributed by atoms with van der Waals surface area (Å²) in [5.41, 5.74) is 2.54. The highest BCUT2D eigenvalue weighted by Gasteiger charge is 2.67. The first kappa shape index (κ1) is 19.1. The third-order valence-electron chi connectivity index (χ3n) is 6.47. The molecule has 2 amide bonds. The number of rotatable bonds is 5. The molecule has 1 spiro atoms. The summed E-state index contributed by atoms with van der Waals surface area (Å²) in [6, 6.07) is 8.18. The Balaban J connectivity index is 1.36. The largest absolute Gasteiger partial charge is 0.360 e. The molecule has 156 valence electrons. The highest BCUT2D eigenvalue weighted by Crippen LogP contribution is 2.52. The summed E-state index contributed by atoms with van der Waals surface area (Å²) >= 11 is 0. The molecule has 7 heteroatoms. The van der Waals surface area contributed by atoms with Gasteiger partial charge in [0, 0.05) is 38.9 Å². The molecule has 2 saturated heterocycles. The molecule has 7 nitrogen and oxygen atoms in total. The summed E-state index contributed by atoms with van der Waals surface area (Å²) in [6.07, 6.45) is 7.28. The lowest BCUT2D eigenvalue weighted by atomic mass is 9.76. The molecule has 0 saturated carbocycles. The van der Waals surface area contributed by atoms with Crippen LogP contribution in [0, 0.1) is 18.8 Å². The number of aryl methyl sites for hydroxylation is 2. The smallest absolute Gasteiger partial charge is 0.230 e. The molecule has 0 aliphatic carbocycles. The van der Waals surface area contributed by atoms with Crippen LogP contribution < -0.4 is 0 Å². The lowest BCUT2D eigenvalue weighted by molar-refractivity contribution is -0.142. The number of nitrogens with zero attached hydrogens (tertiary/aromatic N) is 4. The summed E-state index contributed by atoms with van der Waals surface area (Å²) in [5.74, 6) is -0.977. The van der Waals surface area contributed by atoms with Crippen LogP contribution in [0.25, 0.3) is 0 Å². The fourth-order valence-corrected chi connectivity index (χ4v) is 5.18. The number of carbonyl (C=O) groups is 2. The SMILES string of the molecule is Cc1cccc(CN2C[C@]34C=C[C@H](O3)[C@H](C(=O)N(C)Cc3cnn(C)c3)[C@H]4C2=O)c1. The minimum absolute atomic E-state index is 0.0106. The summed E-state index contributed by atoms with van der Waals surface area (Å²) in [7, 11) is 3.63. The molecule has 3 aliphatic rings. The highest BCUT2D eigenvalue weighted by molar-refractivity contribution is 5.93. The molecule has 2 fully saturated rings. The molecule has 5 rings (SSSR count). The van der Waals surface area contributed by atoms with E-state index in [1.807, 2.05) is 55.4 Å². The molecular formula is C23H26N4O3. The number of carbonyl (C=O) groups excluding carboxylic acids is 2. The van der Waals surface area contributed by atoms with Crippen LogP contribution >= 0.6 is 0 Å². The number of aromatic nitrogens is 2. The third-order valence-corrected chi connectivity index (χ3v) is 6.47.